The highest BCUT2D eigenvalue weighted by atomic mass is 79.9. The number of anilines is 2. The van der Waals surface area contributed by atoms with Gasteiger partial charge in [0.15, 0.2) is 0 Å². The summed E-state index contributed by atoms with van der Waals surface area (Å²) in [6.45, 7) is -0.163. The third kappa shape index (κ3) is 4.73. The Morgan fingerprint density at radius 3 is 2.48 bits per heavy atom. The van der Waals surface area contributed by atoms with Crippen LogP contribution in [0.15, 0.2) is 48.5 Å². The zero-order chi connectivity index (χ0) is 22.1. The zero-order valence-electron chi connectivity index (χ0n) is 16.4. The minimum Gasteiger partial charge on any atom is -0.324 e. The minimum atomic E-state index is -0.511. The molecule has 2 aromatic carbocycles. The molecular formula is C22H20BrCl2N3O3. The largest absolute Gasteiger partial charge is 0.332 e. The van der Waals surface area contributed by atoms with Crippen LogP contribution in [0.3, 0.4) is 0 Å². The molecule has 2 aliphatic rings. The molecule has 3 atom stereocenters. The lowest BCUT2D eigenvalue weighted by atomic mass is 9.81. The van der Waals surface area contributed by atoms with Crippen LogP contribution in [-0.2, 0) is 9.59 Å². The Bertz CT molecular complexity index is 1030. The van der Waals surface area contributed by atoms with E-state index >= 15 is 0 Å². The van der Waals surface area contributed by atoms with Crippen LogP contribution in [0.25, 0.3) is 0 Å². The molecular weight excluding hydrogens is 505 g/mol. The Morgan fingerprint density at radius 1 is 1.06 bits per heavy atom. The van der Waals surface area contributed by atoms with Gasteiger partial charge >= 0.3 is 6.03 Å². The van der Waals surface area contributed by atoms with Crippen LogP contribution < -0.4 is 10.2 Å². The monoisotopic (exact) mass is 523 g/mol. The molecule has 0 radical (unpaired) electrons. The number of hydrogen-bond acceptors (Lipinski definition) is 3. The molecule has 4 rings (SSSR count). The SMILES string of the molecule is O=C(CN1C(=O)N(c2cccc(Cl)c2)C(=O)C2CC(Br)CCC21)Nc1cccc(Cl)c1. The first kappa shape index (κ1) is 22.1. The molecule has 2 fully saturated rings. The summed E-state index contributed by atoms with van der Waals surface area (Å²) in [4.78, 5) is 42.3. The van der Waals surface area contributed by atoms with Gasteiger partial charge in [0.1, 0.15) is 6.54 Å². The molecule has 4 amide bonds. The highest BCUT2D eigenvalue weighted by molar-refractivity contribution is 9.09. The number of benzene rings is 2. The number of carbonyl (C=O) groups excluding carboxylic acids is 3. The summed E-state index contributed by atoms with van der Waals surface area (Å²) < 4.78 is 0. The quantitative estimate of drug-likeness (QED) is 0.549. The fraction of sp³-hybridized carbons (Fsp3) is 0.318. The number of alkyl halides is 1. The maximum Gasteiger partial charge on any atom is 0.332 e. The Labute approximate surface area is 198 Å². The van der Waals surface area contributed by atoms with Gasteiger partial charge < -0.3 is 10.2 Å². The highest BCUT2D eigenvalue weighted by Gasteiger charge is 2.49. The van der Waals surface area contributed by atoms with Crippen LogP contribution in [0.1, 0.15) is 19.3 Å². The number of halogens is 3. The predicted molar refractivity (Wildman–Crippen MR) is 125 cm³/mol. The van der Waals surface area contributed by atoms with Crippen LogP contribution in [0.2, 0.25) is 10.0 Å². The predicted octanol–water partition coefficient (Wildman–Crippen LogP) is 5.33. The van der Waals surface area contributed by atoms with E-state index in [1.165, 1.54) is 4.90 Å². The lowest BCUT2D eigenvalue weighted by molar-refractivity contribution is -0.128. The summed E-state index contributed by atoms with van der Waals surface area (Å²) in [5, 5.41) is 3.70. The maximum absolute atomic E-state index is 13.4. The third-order valence-corrected chi connectivity index (χ3v) is 6.92. The molecule has 162 valence electrons. The number of carbonyl (C=O) groups is 3. The number of nitrogens with zero attached hydrogens (tertiary/aromatic N) is 2. The van der Waals surface area contributed by atoms with Crippen molar-refractivity contribution in [3.8, 4) is 0 Å². The third-order valence-electron chi connectivity index (χ3n) is 5.61. The molecule has 31 heavy (non-hydrogen) atoms. The van der Waals surface area contributed by atoms with E-state index in [4.69, 9.17) is 23.2 Å². The van der Waals surface area contributed by atoms with Crippen molar-refractivity contribution in [3.05, 3.63) is 58.6 Å². The normalized spacial score (nSPS) is 23.5. The summed E-state index contributed by atoms with van der Waals surface area (Å²) in [7, 11) is 0. The smallest absolute Gasteiger partial charge is 0.324 e. The van der Waals surface area contributed by atoms with Gasteiger partial charge in [0.25, 0.3) is 0 Å². The van der Waals surface area contributed by atoms with E-state index in [-0.39, 0.29) is 29.2 Å². The van der Waals surface area contributed by atoms with Crippen molar-refractivity contribution in [2.24, 2.45) is 5.92 Å². The van der Waals surface area contributed by atoms with Crippen LogP contribution in [0.5, 0.6) is 0 Å². The van der Waals surface area contributed by atoms with E-state index in [1.54, 1.807) is 48.5 Å². The lowest BCUT2D eigenvalue weighted by Gasteiger charge is -2.47. The Kier molecular flexibility index (Phi) is 6.55. The summed E-state index contributed by atoms with van der Waals surface area (Å²) in [5.41, 5.74) is 0.948. The second-order valence-corrected chi connectivity index (χ2v) is 9.87. The van der Waals surface area contributed by atoms with Crippen LogP contribution in [0.4, 0.5) is 16.2 Å². The summed E-state index contributed by atoms with van der Waals surface area (Å²) >= 11 is 15.7. The molecule has 1 N–H and O–H groups in total. The van der Waals surface area contributed by atoms with Crippen molar-refractivity contribution >= 4 is 68.4 Å². The molecule has 1 heterocycles. The lowest BCUT2D eigenvalue weighted by Crippen LogP contribution is -2.64. The molecule has 0 spiro atoms. The maximum atomic E-state index is 13.4. The van der Waals surface area contributed by atoms with Crippen molar-refractivity contribution in [1.82, 2.24) is 4.90 Å². The molecule has 1 aliphatic carbocycles. The average molecular weight is 525 g/mol. The fourth-order valence-electron chi connectivity index (χ4n) is 4.23. The van der Waals surface area contributed by atoms with Gasteiger partial charge in [-0.1, -0.05) is 51.3 Å². The van der Waals surface area contributed by atoms with Gasteiger partial charge in [-0.25, -0.2) is 9.69 Å². The van der Waals surface area contributed by atoms with Crippen LogP contribution in [-0.4, -0.2) is 40.2 Å². The van der Waals surface area contributed by atoms with Crippen molar-refractivity contribution < 1.29 is 14.4 Å². The number of rotatable bonds is 4. The van der Waals surface area contributed by atoms with Crippen molar-refractivity contribution in [2.45, 2.75) is 30.1 Å². The summed E-state index contributed by atoms with van der Waals surface area (Å²) in [5.74, 6) is -1.00. The second kappa shape index (κ2) is 9.18. The molecule has 0 aromatic heterocycles. The molecule has 1 saturated heterocycles. The average Bonchev–Trinajstić information content (AvgIpc) is 2.71. The molecule has 3 unspecified atom stereocenters. The molecule has 1 aliphatic heterocycles. The van der Waals surface area contributed by atoms with E-state index in [9.17, 15) is 14.4 Å². The van der Waals surface area contributed by atoms with Gasteiger partial charge in [-0.05, 0) is 55.7 Å². The minimum absolute atomic E-state index is 0.163. The van der Waals surface area contributed by atoms with Crippen molar-refractivity contribution in [3.63, 3.8) is 0 Å². The zero-order valence-corrected chi connectivity index (χ0v) is 19.5. The number of nitrogens with one attached hydrogen (secondary N) is 1. The standard InChI is InChI=1S/C22H20BrCl2N3O3/c23-13-7-8-19-18(9-13)21(30)28(17-6-2-4-15(25)11-17)22(31)27(19)12-20(29)26-16-5-1-3-14(24)10-16/h1-6,10-11,13,18-19H,7-9,12H2,(H,26,29). The summed E-state index contributed by atoms with van der Waals surface area (Å²) in [6.07, 6.45) is 2.07. The van der Waals surface area contributed by atoms with Gasteiger partial charge in [0.2, 0.25) is 11.8 Å². The van der Waals surface area contributed by atoms with Gasteiger partial charge in [0, 0.05) is 26.6 Å². The van der Waals surface area contributed by atoms with E-state index < -0.39 is 11.9 Å². The number of fused-ring (bicyclic) bond motifs is 1. The molecule has 9 heteroatoms. The van der Waals surface area contributed by atoms with Gasteiger partial charge in [0.05, 0.1) is 11.6 Å². The van der Waals surface area contributed by atoms with E-state index in [0.717, 1.165) is 11.3 Å². The van der Waals surface area contributed by atoms with E-state index in [0.29, 0.717) is 34.3 Å². The van der Waals surface area contributed by atoms with Crippen LogP contribution >= 0.6 is 39.1 Å². The summed E-state index contributed by atoms with van der Waals surface area (Å²) in [6, 6.07) is 12.6. The van der Waals surface area contributed by atoms with Gasteiger partial charge in [-0.15, -0.1) is 0 Å². The Balaban J connectivity index is 1.62. The second-order valence-electron chi connectivity index (χ2n) is 7.71. The highest BCUT2D eigenvalue weighted by Crippen LogP contribution is 2.39. The molecule has 2 aromatic rings. The number of urea groups is 1. The molecule has 1 saturated carbocycles. The Morgan fingerprint density at radius 2 is 1.77 bits per heavy atom. The van der Waals surface area contributed by atoms with Gasteiger partial charge in [-0.3, -0.25) is 9.59 Å². The van der Waals surface area contributed by atoms with E-state index in [1.807, 2.05) is 0 Å². The fourth-order valence-corrected chi connectivity index (χ4v) is 5.27. The van der Waals surface area contributed by atoms with Crippen molar-refractivity contribution in [1.29, 1.82) is 0 Å². The van der Waals surface area contributed by atoms with E-state index in [2.05, 4.69) is 21.2 Å². The number of hydrogen-bond donors (Lipinski definition) is 1. The first-order valence-corrected chi connectivity index (χ1v) is 11.6. The first-order chi connectivity index (χ1) is 14.8. The molecule has 0 bridgehead atoms. The van der Waals surface area contributed by atoms with Crippen LogP contribution in [0, 0.1) is 5.92 Å². The Hall–Kier alpha value is -2.09. The topological polar surface area (TPSA) is 69.7 Å². The first-order valence-electron chi connectivity index (χ1n) is 9.93. The van der Waals surface area contributed by atoms with Crippen molar-refractivity contribution in [2.75, 3.05) is 16.8 Å². The van der Waals surface area contributed by atoms with Gasteiger partial charge in [-0.2, -0.15) is 0 Å². The number of amides is 4. The number of imide groups is 1. The molecule has 6 nitrogen and oxygen atoms in total.